The lowest BCUT2D eigenvalue weighted by molar-refractivity contribution is -0.133. The number of para-hydroxylation sites is 1. The fourth-order valence-electron chi connectivity index (χ4n) is 2.09. The number of fused-ring (bicyclic) bond motifs is 1. The lowest BCUT2D eigenvalue weighted by atomic mass is 9.99. The third-order valence-electron chi connectivity index (χ3n) is 3.40. The summed E-state index contributed by atoms with van der Waals surface area (Å²) in [5.74, 6) is -0.0748. The highest BCUT2D eigenvalue weighted by molar-refractivity contribution is 5.88. The Morgan fingerprint density at radius 2 is 2.29 bits per heavy atom. The van der Waals surface area contributed by atoms with Crippen LogP contribution < -0.4 is 5.32 Å². The van der Waals surface area contributed by atoms with Crippen LogP contribution in [-0.2, 0) is 4.79 Å². The Morgan fingerprint density at radius 1 is 1.59 bits per heavy atom. The molecule has 2 N–H and O–H groups in total. The van der Waals surface area contributed by atoms with Gasteiger partial charge in [-0.15, -0.1) is 0 Å². The van der Waals surface area contributed by atoms with E-state index in [9.17, 15) is 4.79 Å². The van der Waals surface area contributed by atoms with E-state index >= 15 is 0 Å². The van der Waals surface area contributed by atoms with E-state index in [1.54, 1.807) is 11.9 Å². The number of carbonyl (C=O) groups excluding carboxylic acids is 1. The molecule has 0 bridgehead atoms. The summed E-state index contributed by atoms with van der Waals surface area (Å²) in [6, 6.07) is 7.73. The minimum Gasteiger partial charge on any atom is -0.394 e. The predicted molar refractivity (Wildman–Crippen MR) is 67.0 cm³/mol. The van der Waals surface area contributed by atoms with Gasteiger partial charge < -0.3 is 15.3 Å². The molecule has 1 amide bonds. The van der Waals surface area contributed by atoms with E-state index in [-0.39, 0.29) is 24.5 Å². The number of hydrogen-bond donors (Lipinski definition) is 2. The van der Waals surface area contributed by atoms with Crippen LogP contribution in [0.15, 0.2) is 24.3 Å². The third kappa shape index (κ3) is 2.13. The number of anilines is 1. The minimum absolute atomic E-state index is 0.00989. The van der Waals surface area contributed by atoms with Gasteiger partial charge in [0.2, 0.25) is 5.91 Å². The van der Waals surface area contributed by atoms with Gasteiger partial charge in [-0.2, -0.15) is 0 Å². The van der Waals surface area contributed by atoms with E-state index in [2.05, 4.69) is 5.32 Å². The standard InChI is InChI=1S/C13H18N2O2/c1-9(8-16)15(2)13(17)11-7-14-12-6-4-3-5-10(11)12/h3-6,9,11,14,16H,7-8H2,1-2H3. The Hall–Kier alpha value is -1.55. The van der Waals surface area contributed by atoms with E-state index in [1.807, 2.05) is 31.2 Å². The van der Waals surface area contributed by atoms with Crippen LogP contribution >= 0.6 is 0 Å². The highest BCUT2D eigenvalue weighted by Crippen LogP contribution is 2.32. The second-order valence-corrected chi connectivity index (χ2v) is 4.50. The van der Waals surface area contributed by atoms with E-state index in [4.69, 9.17) is 5.11 Å². The Bertz CT molecular complexity index is 420. The molecule has 0 aliphatic carbocycles. The molecular weight excluding hydrogens is 216 g/mol. The molecule has 1 aromatic rings. The molecule has 92 valence electrons. The Labute approximate surface area is 101 Å². The summed E-state index contributed by atoms with van der Waals surface area (Å²) in [4.78, 5) is 13.9. The molecule has 0 saturated carbocycles. The molecule has 0 radical (unpaired) electrons. The molecule has 0 saturated heterocycles. The van der Waals surface area contributed by atoms with Gasteiger partial charge in [-0.3, -0.25) is 4.79 Å². The van der Waals surface area contributed by atoms with Crippen molar-refractivity contribution in [2.45, 2.75) is 18.9 Å². The van der Waals surface area contributed by atoms with E-state index in [1.165, 1.54) is 0 Å². The van der Waals surface area contributed by atoms with Gasteiger partial charge >= 0.3 is 0 Å². The van der Waals surface area contributed by atoms with Crippen molar-refractivity contribution >= 4 is 11.6 Å². The summed E-state index contributed by atoms with van der Waals surface area (Å²) in [7, 11) is 1.74. The second kappa shape index (κ2) is 4.75. The number of benzene rings is 1. The molecular formula is C13H18N2O2. The molecule has 0 fully saturated rings. The number of rotatable bonds is 3. The van der Waals surface area contributed by atoms with Gasteiger partial charge in [-0.25, -0.2) is 0 Å². The van der Waals surface area contributed by atoms with Crippen molar-refractivity contribution in [2.75, 3.05) is 25.5 Å². The summed E-state index contributed by atoms with van der Waals surface area (Å²) in [6.45, 7) is 2.47. The molecule has 1 aliphatic heterocycles. The number of hydrogen-bond acceptors (Lipinski definition) is 3. The SMILES string of the molecule is CC(CO)N(C)C(=O)C1CNc2ccccc21. The van der Waals surface area contributed by atoms with Crippen molar-refractivity contribution in [1.82, 2.24) is 4.90 Å². The van der Waals surface area contributed by atoms with Crippen LogP contribution in [0.3, 0.4) is 0 Å². The fraction of sp³-hybridized carbons (Fsp3) is 0.462. The minimum atomic E-state index is -0.143. The molecule has 4 heteroatoms. The van der Waals surface area contributed by atoms with Crippen molar-refractivity contribution in [3.8, 4) is 0 Å². The molecule has 1 heterocycles. The third-order valence-corrected chi connectivity index (χ3v) is 3.40. The van der Waals surface area contributed by atoms with Crippen molar-refractivity contribution < 1.29 is 9.90 Å². The zero-order chi connectivity index (χ0) is 12.4. The number of aliphatic hydroxyl groups is 1. The summed E-state index contributed by atoms with van der Waals surface area (Å²) >= 11 is 0. The number of amides is 1. The first-order chi connectivity index (χ1) is 8.15. The van der Waals surface area contributed by atoms with Crippen LogP contribution in [0.5, 0.6) is 0 Å². The Kier molecular flexibility index (Phi) is 3.33. The smallest absolute Gasteiger partial charge is 0.232 e. The maximum atomic E-state index is 12.3. The molecule has 2 atom stereocenters. The maximum absolute atomic E-state index is 12.3. The van der Waals surface area contributed by atoms with Gasteiger partial charge in [-0.05, 0) is 18.6 Å². The zero-order valence-electron chi connectivity index (χ0n) is 10.2. The van der Waals surface area contributed by atoms with E-state index < -0.39 is 0 Å². The molecule has 2 rings (SSSR count). The van der Waals surface area contributed by atoms with Crippen LogP contribution in [0.25, 0.3) is 0 Å². The summed E-state index contributed by atoms with van der Waals surface area (Å²) < 4.78 is 0. The monoisotopic (exact) mass is 234 g/mol. The van der Waals surface area contributed by atoms with Gasteiger partial charge in [0.1, 0.15) is 0 Å². The average Bonchev–Trinajstić information content (AvgIpc) is 2.79. The summed E-state index contributed by atoms with van der Waals surface area (Å²) in [6.07, 6.45) is 0. The van der Waals surface area contributed by atoms with Crippen molar-refractivity contribution in [2.24, 2.45) is 0 Å². The number of nitrogens with zero attached hydrogens (tertiary/aromatic N) is 1. The topological polar surface area (TPSA) is 52.6 Å². The van der Waals surface area contributed by atoms with Gasteiger partial charge in [0.15, 0.2) is 0 Å². The summed E-state index contributed by atoms with van der Waals surface area (Å²) in [5.41, 5.74) is 2.09. The lowest BCUT2D eigenvalue weighted by Gasteiger charge is -2.26. The number of likely N-dealkylation sites (N-methyl/N-ethyl adjacent to an activating group) is 1. The highest BCUT2D eigenvalue weighted by atomic mass is 16.3. The normalized spacial score (nSPS) is 19.4. The second-order valence-electron chi connectivity index (χ2n) is 4.50. The molecule has 1 aliphatic rings. The van der Waals surface area contributed by atoms with Crippen molar-refractivity contribution in [3.05, 3.63) is 29.8 Å². The van der Waals surface area contributed by atoms with Crippen LogP contribution in [0.2, 0.25) is 0 Å². The highest BCUT2D eigenvalue weighted by Gasteiger charge is 2.31. The van der Waals surface area contributed by atoms with Gasteiger partial charge in [0.25, 0.3) is 0 Å². The number of nitrogens with one attached hydrogen (secondary N) is 1. The van der Waals surface area contributed by atoms with Gasteiger partial charge in [0, 0.05) is 19.3 Å². The Balaban J connectivity index is 2.18. The van der Waals surface area contributed by atoms with Crippen LogP contribution in [0.4, 0.5) is 5.69 Å². The van der Waals surface area contributed by atoms with Crippen molar-refractivity contribution in [3.63, 3.8) is 0 Å². The quantitative estimate of drug-likeness (QED) is 0.821. The summed E-state index contributed by atoms with van der Waals surface area (Å²) in [5, 5.41) is 12.3. The number of aliphatic hydroxyl groups excluding tert-OH is 1. The molecule has 4 nitrogen and oxygen atoms in total. The molecule has 0 spiro atoms. The molecule has 17 heavy (non-hydrogen) atoms. The van der Waals surface area contributed by atoms with Crippen LogP contribution in [-0.4, -0.2) is 42.2 Å². The first-order valence-corrected chi connectivity index (χ1v) is 5.85. The van der Waals surface area contributed by atoms with Gasteiger partial charge in [-0.1, -0.05) is 18.2 Å². The van der Waals surface area contributed by atoms with Crippen LogP contribution in [0, 0.1) is 0 Å². The van der Waals surface area contributed by atoms with Crippen molar-refractivity contribution in [1.29, 1.82) is 0 Å². The van der Waals surface area contributed by atoms with E-state index in [0.29, 0.717) is 6.54 Å². The van der Waals surface area contributed by atoms with E-state index in [0.717, 1.165) is 11.3 Å². The zero-order valence-corrected chi connectivity index (χ0v) is 10.2. The Morgan fingerprint density at radius 3 is 3.00 bits per heavy atom. The average molecular weight is 234 g/mol. The van der Waals surface area contributed by atoms with Gasteiger partial charge in [0.05, 0.1) is 18.6 Å². The molecule has 0 aromatic heterocycles. The number of carbonyl (C=O) groups is 1. The fourth-order valence-corrected chi connectivity index (χ4v) is 2.09. The van der Waals surface area contributed by atoms with Crippen LogP contribution in [0.1, 0.15) is 18.4 Å². The maximum Gasteiger partial charge on any atom is 0.232 e. The first-order valence-electron chi connectivity index (χ1n) is 5.85. The predicted octanol–water partition coefficient (Wildman–Crippen LogP) is 1.03. The largest absolute Gasteiger partial charge is 0.394 e. The first kappa shape index (κ1) is 11.9. The molecule has 1 aromatic carbocycles. The lowest BCUT2D eigenvalue weighted by Crippen LogP contribution is -2.40. The molecule has 2 unspecified atom stereocenters.